The van der Waals surface area contributed by atoms with Crippen molar-refractivity contribution in [2.45, 2.75) is 109 Å². The van der Waals surface area contributed by atoms with Crippen LogP contribution in [0.25, 0.3) is 21.8 Å². The number of halogens is 3. The highest BCUT2D eigenvalue weighted by Crippen LogP contribution is 2.34. The molecule has 1 aliphatic rings. The Morgan fingerprint density at radius 3 is 2.33 bits per heavy atom. The summed E-state index contributed by atoms with van der Waals surface area (Å²) in [6.45, 7) is 5.78. The monoisotopic (exact) mass is 795 g/mol. The largest absolute Gasteiger partial charge is 0.444 e. The number of pyridine rings is 1. The lowest BCUT2D eigenvalue weighted by atomic mass is 9.84. The number of alkyl halides is 3. The molecule has 7 N–H and O–H groups in total. The molecular formula is C41H52F3N7O6. The molecule has 0 aliphatic heterocycles. The Morgan fingerprint density at radius 1 is 0.842 bits per heavy atom. The first-order valence-corrected chi connectivity index (χ1v) is 19.5. The van der Waals surface area contributed by atoms with Crippen LogP contribution in [0, 0.1) is 5.92 Å². The van der Waals surface area contributed by atoms with Gasteiger partial charge < -0.3 is 41.3 Å². The van der Waals surface area contributed by atoms with E-state index in [1.54, 1.807) is 20.8 Å². The van der Waals surface area contributed by atoms with Gasteiger partial charge in [0.25, 0.3) is 0 Å². The number of unbranched alkanes of at least 4 members (excludes halogenated alkanes) is 1. The zero-order chi connectivity index (χ0) is 41.2. The zero-order valence-electron chi connectivity index (χ0n) is 32.5. The smallest absolute Gasteiger partial charge is 0.417 e. The van der Waals surface area contributed by atoms with Crippen LogP contribution in [-0.4, -0.2) is 64.7 Å². The Kier molecular flexibility index (Phi) is 14.3. The maximum atomic E-state index is 14.0. The molecular weight excluding hydrogens is 743 g/mol. The van der Waals surface area contributed by atoms with E-state index in [2.05, 4.69) is 36.6 Å². The molecule has 0 unspecified atom stereocenters. The van der Waals surface area contributed by atoms with E-state index in [0.717, 1.165) is 54.6 Å². The number of hydrogen-bond acceptors (Lipinski definition) is 6. The summed E-state index contributed by atoms with van der Waals surface area (Å²) >= 11 is 0. The summed E-state index contributed by atoms with van der Waals surface area (Å²) in [5, 5.41) is 14.7. The van der Waals surface area contributed by atoms with E-state index >= 15 is 0 Å². The number of para-hydroxylation sites is 1. The molecule has 1 aliphatic carbocycles. The number of carbonyl (C=O) groups excluding carboxylic acids is 4. The van der Waals surface area contributed by atoms with Crippen molar-refractivity contribution in [2.24, 2.45) is 5.92 Å². The molecule has 13 nitrogen and oxygen atoms in total. The lowest BCUT2D eigenvalue weighted by Gasteiger charge is -2.28. The molecule has 16 heteroatoms. The predicted octanol–water partition coefficient (Wildman–Crippen LogP) is 7.03. The van der Waals surface area contributed by atoms with Crippen molar-refractivity contribution >= 4 is 51.4 Å². The van der Waals surface area contributed by atoms with E-state index in [1.807, 2.05) is 30.5 Å². The van der Waals surface area contributed by atoms with E-state index in [-0.39, 0.29) is 35.5 Å². The van der Waals surface area contributed by atoms with Crippen molar-refractivity contribution in [1.82, 2.24) is 31.2 Å². The molecule has 1 saturated carbocycles. The van der Waals surface area contributed by atoms with Crippen molar-refractivity contribution in [3.05, 3.63) is 76.2 Å². The normalized spacial score (nSPS) is 14.8. The van der Waals surface area contributed by atoms with Gasteiger partial charge in [-0.1, -0.05) is 56.4 Å². The first-order chi connectivity index (χ1) is 27.1. The first kappa shape index (κ1) is 42.6. The Hall–Kier alpha value is -5.54. The van der Waals surface area contributed by atoms with Gasteiger partial charge in [-0.25, -0.2) is 9.59 Å². The highest BCUT2D eigenvalue weighted by Gasteiger charge is 2.34. The highest BCUT2D eigenvalue weighted by molar-refractivity contribution is 5.99. The molecule has 0 spiro atoms. The number of aromatic nitrogens is 2. The van der Waals surface area contributed by atoms with Gasteiger partial charge in [0.15, 0.2) is 0 Å². The third-order valence-electron chi connectivity index (χ3n) is 9.91. The van der Waals surface area contributed by atoms with Crippen molar-refractivity contribution in [3.63, 3.8) is 0 Å². The third-order valence-corrected chi connectivity index (χ3v) is 9.91. The van der Waals surface area contributed by atoms with Gasteiger partial charge in [-0.2, -0.15) is 13.2 Å². The van der Waals surface area contributed by atoms with Gasteiger partial charge in [-0.15, -0.1) is 0 Å². The highest BCUT2D eigenvalue weighted by atomic mass is 19.4. The molecule has 2 aromatic carbocycles. The maximum absolute atomic E-state index is 14.0. The maximum Gasteiger partial charge on any atom is 0.417 e. The van der Waals surface area contributed by atoms with Crippen LogP contribution in [0.1, 0.15) is 89.7 Å². The molecule has 2 atom stereocenters. The number of H-pyrrole nitrogens is 2. The second-order valence-electron chi connectivity index (χ2n) is 15.6. The minimum atomic E-state index is -4.78. The average Bonchev–Trinajstić information content (AvgIpc) is 3.55. The number of benzene rings is 2. The zero-order valence-corrected chi connectivity index (χ0v) is 32.5. The summed E-state index contributed by atoms with van der Waals surface area (Å²) in [5.74, 6) is -1.03. The molecule has 1 fully saturated rings. The van der Waals surface area contributed by atoms with Gasteiger partial charge in [-0.3, -0.25) is 14.4 Å². The second-order valence-corrected chi connectivity index (χ2v) is 15.6. The molecule has 5 rings (SSSR count). The minimum absolute atomic E-state index is 0.0970. The summed E-state index contributed by atoms with van der Waals surface area (Å²) < 4.78 is 46.3. The molecule has 0 bridgehead atoms. The van der Waals surface area contributed by atoms with E-state index in [0.29, 0.717) is 38.3 Å². The number of hydrogen-bond donors (Lipinski definition) is 7. The molecule has 308 valence electrons. The van der Waals surface area contributed by atoms with Crippen LogP contribution >= 0.6 is 0 Å². The molecule has 0 saturated heterocycles. The summed E-state index contributed by atoms with van der Waals surface area (Å²) in [6, 6.07) is 9.38. The van der Waals surface area contributed by atoms with Crippen LogP contribution < -0.4 is 32.1 Å². The lowest BCUT2D eigenvalue weighted by Crippen LogP contribution is -2.55. The van der Waals surface area contributed by atoms with Crippen LogP contribution in [0.3, 0.4) is 0 Å². The van der Waals surface area contributed by atoms with Crippen molar-refractivity contribution in [2.75, 3.05) is 18.4 Å². The quantitative estimate of drug-likeness (QED) is 0.0634. The van der Waals surface area contributed by atoms with E-state index in [9.17, 15) is 37.1 Å². The number of fused-ring (bicyclic) bond motifs is 2. The van der Waals surface area contributed by atoms with Crippen LogP contribution in [-0.2, 0) is 26.9 Å². The fraction of sp³-hybridized carbons (Fsp3) is 0.488. The Labute approximate surface area is 328 Å². The molecule has 4 aromatic rings. The van der Waals surface area contributed by atoms with Gasteiger partial charge in [0.1, 0.15) is 17.7 Å². The minimum Gasteiger partial charge on any atom is -0.444 e. The van der Waals surface area contributed by atoms with Gasteiger partial charge >= 0.3 is 18.3 Å². The number of alkyl carbamates (subject to hydrolysis) is 1. The summed E-state index contributed by atoms with van der Waals surface area (Å²) in [7, 11) is 0. The van der Waals surface area contributed by atoms with Gasteiger partial charge in [0.2, 0.25) is 17.4 Å². The van der Waals surface area contributed by atoms with E-state index < -0.39 is 58.9 Å². The molecule has 5 amide bonds. The second kappa shape index (κ2) is 19.1. The summed E-state index contributed by atoms with van der Waals surface area (Å²) in [4.78, 5) is 70.9. The SMILES string of the molecule is CC(C)(C)OC(=O)NCCCC[C@H](NC(=O)[C@H](CC1CCCCC1)NC(=O)NCCc1c[nH]c2ccccc12)C(=O)Nc1ccc2c(C(F)(F)F)cc(=O)[nH]c2c1. The van der Waals surface area contributed by atoms with Crippen LogP contribution in [0.4, 0.5) is 28.4 Å². The fourth-order valence-electron chi connectivity index (χ4n) is 7.17. The Balaban J connectivity index is 1.28. The number of rotatable bonds is 15. The molecule has 0 radical (unpaired) electrons. The fourth-order valence-corrected chi connectivity index (χ4v) is 7.17. The Morgan fingerprint density at radius 2 is 1.60 bits per heavy atom. The van der Waals surface area contributed by atoms with Crippen LogP contribution in [0.15, 0.2) is 59.5 Å². The molecule has 2 heterocycles. The Bertz CT molecular complexity index is 2080. The van der Waals surface area contributed by atoms with Crippen molar-refractivity contribution in [1.29, 1.82) is 0 Å². The topological polar surface area (TPSA) is 186 Å². The standard InChI is InChI=1S/C41H52F3N7O6/c1-40(2,3)57-39(56)46-19-10-9-15-32(36(53)48-27-16-17-29-30(41(42,43)44)23-35(52)49-33(29)22-27)50-37(54)34(21-25-11-5-4-6-12-25)51-38(55)45-20-18-26-24-47-31-14-8-7-13-28(26)31/h7-8,13-14,16-17,22-25,32,34,47H,4-6,9-12,15,18-21H2,1-3H3,(H,46,56)(H,48,53)(H,49,52)(H,50,54)(H2,45,51,55)/t32-,34-/m0/s1. The lowest BCUT2D eigenvalue weighted by molar-refractivity contribution is -0.136. The number of anilines is 1. The number of aromatic amines is 2. The summed E-state index contributed by atoms with van der Waals surface area (Å²) in [6.07, 6.45) is 3.33. The van der Waals surface area contributed by atoms with Crippen LogP contribution in [0.2, 0.25) is 0 Å². The third kappa shape index (κ3) is 12.7. The van der Waals surface area contributed by atoms with Crippen molar-refractivity contribution < 1.29 is 37.1 Å². The van der Waals surface area contributed by atoms with E-state index in [4.69, 9.17) is 4.74 Å². The summed E-state index contributed by atoms with van der Waals surface area (Å²) in [5.41, 5.74) is -0.752. The number of ether oxygens (including phenoxy) is 1. The van der Waals surface area contributed by atoms with Gasteiger partial charge in [0.05, 0.1) is 11.1 Å². The van der Waals surface area contributed by atoms with Gasteiger partial charge in [0, 0.05) is 47.3 Å². The van der Waals surface area contributed by atoms with Gasteiger partial charge in [-0.05, 0) is 82.6 Å². The van der Waals surface area contributed by atoms with E-state index in [1.165, 1.54) is 12.1 Å². The average molecular weight is 796 g/mol. The molecule has 2 aromatic heterocycles. The first-order valence-electron chi connectivity index (χ1n) is 19.5. The van der Waals surface area contributed by atoms with Crippen LogP contribution in [0.5, 0.6) is 0 Å². The van der Waals surface area contributed by atoms with Crippen molar-refractivity contribution in [3.8, 4) is 0 Å². The number of carbonyl (C=O) groups is 4. The molecule has 57 heavy (non-hydrogen) atoms. The number of urea groups is 1. The number of amides is 5. The predicted molar refractivity (Wildman–Crippen MR) is 212 cm³/mol. The number of nitrogens with one attached hydrogen (secondary N) is 7.